The third kappa shape index (κ3) is 6.25. The van der Waals surface area contributed by atoms with Gasteiger partial charge in [0.25, 0.3) is 0 Å². The molecular weight excluding hydrogens is 258 g/mol. The molecule has 1 unspecified atom stereocenters. The molecule has 0 aromatic carbocycles. The zero-order chi connectivity index (χ0) is 14.9. The van der Waals surface area contributed by atoms with Crippen LogP contribution in [0.4, 0.5) is 0 Å². The lowest BCUT2D eigenvalue weighted by atomic mass is 10.1. The zero-order valence-electron chi connectivity index (χ0n) is 14.4. The molecule has 1 saturated carbocycles. The molecule has 0 radical (unpaired) electrons. The molecule has 0 spiro atoms. The number of rotatable bonds is 9. The highest BCUT2D eigenvalue weighted by Gasteiger charge is 2.25. The van der Waals surface area contributed by atoms with Crippen LogP contribution in [0.2, 0.25) is 0 Å². The Morgan fingerprint density at radius 3 is 2.43 bits per heavy atom. The second kappa shape index (κ2) is 9.81. The molecule has 3 heteroatoms. The van der Waals surface area contributed by atoms with Gasteiger partial charge in [-0.1, -0.05) is 39.0 Å². The van der Waals surface area contributed by atoms with Gasteiger partial charge in [-0.15, -0.1) is 0 Å². The summed E-state index contributed by atoms with van der Waals surface area (Å²) < 4.78 is 0. The van der Waals surface area contributed by atoms with Crippen molar-refractivity contribution >= 4 is 0 Å². The Bertz CT molecular complexity index is 255. The number of nitrogens with zero attached hydrogens (tertiary/aromatic N) is 2. The van der Waals surface area contributed by atoms with E-state index in [4.69, 9.17) is 0 Å². The molecule has 1 saturated heterocycles. The van der Waals surface area contributed by atoms with Gasteiger partial charge in [0.1, 0.15) is 0 Å². The summed E-state index contributed by atoms with van der Waals surface area (Å²) in [4.78, 5) is 5.40. The number of piperazine rings is 1. The van der Waals surface area contributed by atoms with Gasteiger partial charge in [0.05, 0.1) is 0 Å². The topological polar surface area (TPSA) is 18.5 Å². The minimum absolute atomic E-state index is 0.691. The van der Waals surface area contributed by atoms with Crippen LogP contribution in [0.3, 0.4) is 0 Å². The fraction of sp³-hybridized carbons (Fsp3) is 1.00. The highest BCUT2D eigenvalue weighted by Crippen LogP contribution is 2.24. The molecule has 1 aliphatic carbocycles. The van der Waals surface area contributed by atoms with Crippen molar-refractivity contribution in [3.63, 3.8) is 0 Å². The highest BCUT2D eigenvalue weighted by molar-refractivity contribution is 4.82. The first-order chi connectivity index (χ1) is 10.3. The highest BCUT2D eigenvalue weighted by atomic mass is 15.3. The largest absolute Gasteiger partial charge is 0.313 e. The van der Waals surface area contributed by atoms with E-state index < -0.39 is 0 Å². The molecule has 0 aromatic heterocycles. The first kappa shape index (κ1) is 17.2. The van der Waals surface area contributed by atoms with E-state index in [0.29, 0.717) is 6.04 Å². The van der Waals surface area contributed by atoms with Crippen molar-refractivity contribution in [1.29, 1.82) is 0 Å². The van der Waals surface area contributed by atoms with Gasteiger partial charge < -0.3 is 5.32 Å². The van der Waals surface area contributed by atoms with Crippen molar-refractivity contribution in [1.82, 2.24) is 15.1 Å². The van der Waals surface area contributed by atoms with Gasteiger partial charge >= 0.3 is 0 Å². The molecule has 0 aromatic rings. The number of unbranched alkanes of at least 4 members (excludes halogenated alkanes) is 2. The summed E-state index contributed by atoms with van der Waals surface area (Å²) in [7, 11) is 0. The van der Waals surface area contributed by atoms with Gasteiger partial charge in [0.2, 0.25) is 0 Å². The zero-order valence-corrected chi connectivity index (χ0v) is 14.4. The van der Waals surface area contributed by atoms with E-state index in [2.05, 4.69) is 29.0 Å². The first-order valence-electron chi connectivity index (χ1n) is 9.49. The standard InChI is InChI=1S/C18H37N3/c1-3-4-5-8-17(2)19-11-12-20-13-15-21(16-14-20)18-9-6-7-10-18/h17-19H,3-16H2,1-2H3. The van der Waals surface area contributed by atoms with Crippen LogP contribution < -0.4 is 5.32 Å². The summed E-state index contributed by atoms with van der Waals surface area (Å²) in [5.41, 5.74) is 0. The van der Waals surface area contributed by atoms with Crippen molar-refractivity contribution in [3.8, 4) is 0 Å². The van der Waals surface area contributed by atoms with Gasteiger partial charge in [0, 0.05) is 51.4 Å². The fourth-order valence-corrected chi connectivity index (χ4v) is 3.89. The molecule has 21 heavy (non-hydrogen) atoms. The molecule has 2 fully saturated rings. The van der Waals surface area contributed by atoms with Gasteiger partial charge in [-0.25, -0.2) is 0 Å². The molecule has 1 atom stereocenters. The quantitative estimate of drug-likeness (QED) is 0.659. The summed E-state index contributed by atoms with van der Waals surface area (Å²) in [6.45, 7) is 12.2. The van der Waals surface area contributed by atoms with E-state index >= 15 is 0 Å². The van der Waals surface area contributed by atoms with Gasteiger partial charge in [-0.05, 0) is 26.2 Å². The summed E-state index contributed by atoms with van der Waals surface area (Å²) in [6.07, 6.45) is 11.3. The summed E-state index contributed by atoms with van der Waals surface area (Å²) in [5, 5.41) is 3.70. The van der Waals surface area contributed by atoms with Crippen molar-refractivity contribution in [2.45, 2.75) is 77.3 Å². The summed E-state index contributed by atoms with van der Waals surface area (Å²) >= 11 is 0. The smallest absolute Gasteiger partial charge is 0.0113 e. The fourth-order valence-electron chi connectivity index (χ4n) is 3.89. The maximum Gasteiger partial charge on any atom is 0.0113 e. The SMILES string of the molecule is CCCCCC(C)NCCN1CCN(C2CCCC2)CC1. The number of hydrogen-bond acceptors (Lipinski definition) is 3. The molecule has 2 rings (SSSR count). The van der Waals surface area contributed by atoms with E-state index in [1.807, 2.05) is 0 Å². The molecule has 2 aliphatic rings. The lowest BCUT2D eigenvalue weighted by Crippen LogP contribution is -2.51. The van der Waals surface area contributed by atoms with Crippen molar-refractivity contribution < 1.29 is 0 Å². The Morgan fingerprint density at radius 2 is 1.76 bits per heavy atom. The van der Waals surface area contributed by atoms with E-state index in [1.165, 1.54) is 84.1 Å². The van der Waals surface area contributed by atoms with E-state index in [9.17, 15) is 0 Å². The van der Waals surface area contributed by atoms with Crippen molar-refractivity contribution in [2.24, 2.45) is 0 Å². The van der Waals surface area contributed by atoms with Gasteiger partial charge in [-0.3, -0.25) is 9.80 Å². The lowest BCUT2D eigenvalue weighted by Gasteiger charge is -2.38. The summed E-state index contributed by atoms with van der Waals surface area (Å²) in [5.74, 6) is 0. The second-order valence-corrected chi connectivity index (χ2v) is 7.17. The van der Waals surface area contributed by atoms with Gasteiger partial charge in [0.15, 0.2) is 0 Å². The van der Waals surface area contributed by atoms with E-state index in [-0.39, 0.29) is 0 Å². The average Bonchev–Trinajstić information content (AvgIpc) is 3.02. The van der Waals surface area contributed by atoms with Crippen LogP contribution >= 0.6 is 0 Å². The van der Waals surface area contributed by atoms with E-state index in [1.54, 1.807) is 0 Å². The normalized spacial score (nSPS) is 23.7. The third-order valence-electron chi connectivity index (χ3n) is 5.41. The molecule has 1 N–H and O–H groups in total. The molecule has 0 amide bonds. The number of nitrogens with one attached hydrogen (secondary N) is 1. The van der Waals surface area contributed by atoms with Gasteiger partial charge in [-0.2, -0.15) is 0 Å². The molecule has 1 aliphatic heterocycles. The maximum absolute atomic E-state index is 3.70. The van der Waals surface area contributed by atoms with Crippen molar-refractivity contribution in [3.05, 3.63) is 0 Å². The number of hydrogen-bond donors (Lipinski definition) is 1. The van der Waals surface area contributed by atoms with E-state index in [0.717, 1.165) is 12.6 Å². The Kier molecular flexibility index (Phi) is 8.05. The van der Waals surface area contributed by atoms with Crippen LogP contribution in [0.25, 0.3) is 0 Å². The Morgan fingerprint density at radius 1 is 1.05 bits per heavy atom. The minimum Gasteiger partial charge on any atom is -0.313 e. The molecule has 124 valence electrons. The Balaban J connectivity index is 1.50. The Hall–Kier alpha value is -0.120. The lowest BCUT2D eigenvalue weighted by molar-refractivity contribution is 0.0979. The molecule has 0 bridgehead atoms. The monoisotopic (exact) mass is 295 g/mol. The Labute approximate surface area is 132 Å². The predicted octanol–water partition coefficient (Wildman–Crippen LogP) is 3.11. The van der Waals surface area contributed by atoms with Crippen LogP contribution in [0.1, 0.15) is 65.2 Å². The molecule has 1 heterocycles. The predicted molar refractivity (Wildman–Crippen MR) is 91.9 cm³/mol. The van der Waals surface area contributed by atoms with Crippen LogP contribution in [-0.4, -0.2) is 61.2 Å². The maximum atomic E-state index is 3.70. The van der Waals surface area contributed by atoms with Crippen LogP contribution in [0, 0.1) is 0 Å². The van der Waals surface area contributed by atoms with Crippen LogP contribution in [0.5, 0.6) is 0 Å². The van der Waals surface area contributed by atoms with Crippen LogP contribution in [0.15, 0.2) is 0 Å². The van der Waals surface area contributed by atoms with Crippen LogP contribution in [-0.2, 0) is 0 Å². The molecular formula is C18H37N3. The molecule has 3 nitrogen and oxygen atoms in total. The summed E-state index contributed by atoms with van der Waals surface area (Å²) in [6, 6.07) is 1.61. The minimum atomic E-state index is 0.691. The average molecular weight is 296 g/mol. The van der Waals surface area contributed by atoms with Crippen molar-refractivity contribution in [2.75, 3.05) is 39.3 Å². The second-order valence-electron chi connectivity index (χ2n) is 7.17. The third-order valence-corrected chi connectivity index (χ3v) is 5.41. The first-order valence-corrected chi connectivity index (χ1v) is 9.49.